The lowest BCUT2D eigenvalue weighted by molar-refractivity contribution is -0.133. The standard InChI is InChI=1S/C30H33FN4O5S/c1-38-23-8-9-27(39-2)24(18-23)26-19-25(28-7-4-16-41-28)32-35(26)29(36)20-34(11-10-33-12-14-40-15-13-33)30(37)21-5-3-6-22(31)17-21/h3-9,16-18,26H,10-15,19-20H2,1-2H3/t26-/m1/s1. The van der Waals surface area contributed by atoms with E-state index in [0.29, 0.717) is 44.2 Å². The number of hydrogen-bond donors (Lipinski definition) is 0. The van der Waals surface area contributed by atoms with E-state index in [1.54, 1.807) is 37.7 Å². The van der Waals surface area contributed by atoms with Crippen LogP contribution in [0.4, 0.5) is 4.39 Å². The van der Waals surface area contributed by atoms with Gasteiger partial charge in [-0.05, 0) is 47.8 Å². The third-order valence-electron chi connectivity index (χ3n) is 7.24. The molecule has 0 unspecified atom stereocenters. The Morgan fingerprint density at radius 1 is 1.10 bits per heavy atom. The Balaban J connectivity index is 1.44. The maximum atomic E-state index is 14.0. The van der Waals surface area contributed by atoms with Crippen LogP contribution in [0.2, 0.25) is 0 Å². The van der Waals surface area contributed by atoms with Crippen LogP contribution in [0.5, 0.6) is 11.5 Å². The van der Waals surface area contributed by atoms with Crippen molar-refractivity contribution in [1.29, 1.82) is 0 Å². The zero-order valence-corrected chi connectivity index (χ0v) is 23.9. The van der Waals surface area contributed by atoms with Crippen LogP contribution in [0.3, 0.4) is 0 Å². The van der Waals surface area contributed by atoms with Gasteiger partial charge in [-0.2, -0.15) is 5.10 Å². The molecule has 5 rings (SSSR count). The number of carbonyl (C=O) groups is 2. The van der Waals surface area contributed by atoms with E-state index in [-0.39, 0.29) is 18.0 Å². The summed E-state index contributed by atoms with van der Waals surface area (Å²) in [4.78, 5) is 32.2. The van der Waals surface area contributed by atoms with Gasteiger partial charge in [0.15, 0.2) is 0 Å². The Bertz CT molecular complexity index is 1390. The average molecular weight is 581 g/mol. The Morgan fingerprint density at radius 2 is 1.93 bits per heavy atom. The molecule has 9 nitrogen and oxygen atoms in total. The predicted octanol–water partition coefficient (Wildman–Crippen LogP) is 4.06. The first-order chi connectivity index (χ1) is 20.0. The summed E-state index contributed by atoms with van der Waals surface area (Å²) in [6.07, 6.45) is 0.474. The van der Waals surface area contributed by atoms with E-state index in [4.69, 9.17) is 19.3 Å². The van der Waals surface area contributed by atoms with Crippen LogP contribution in [0.25, 0.3) is 0 Å². The summed E-state index contributed by atoms with van der Waals surface area (Å²) in [7, 11) is 3.17. The third kappa shape index (κ3) is 6.75. The molecule has 1 aromatic heterocycles. The van der Waals surface area contributed by atoms with Gasteiger partial charge in [0, 0.05) is 43.7 Å². The monoisotopic (exact) mass is 580 g/mol. The highest BCUT2D eigenvalue weighted by molar-refractivity contribution is 7.12. The molecule has 0 aliphatic carbocycles. The van der Waals surface area contributed by atoms with E-state index in [0.717, 1.165) is 29.2 Å². The fraction of sp³-hybridized carbons (Fsp3) is 0.367. The highest BCUT2D eigenvalue weighted by atomic mass is 32.1. The summed E-state index contributed by atoms with van der Waals surface area (Å²) >= 11 is 1.55. The number of hydrogen-bond acceptors (Lipinski definition) is 8. The molecule has 1 saturated heterocycles. The van der Waals surface area contributed by atoms with Crippen LogP contribution in [0, 0.1) is 5.82 Å². The van der Waals surface area contributed by atoms with Crippen molar-refractivity contribution in [2.24, 2.45) is 5.10 Å². The van der Waals surface area contributed by atoms with Gasteiger partial charge in [0.05, 0.1) is 44.1 Å². The van der Waals surface area contributed by atoms with Crippen molar-refractivity contribution >= 4 is 28.9 Å². The summed E-state index contributed by atoms with van der Waals surface area (Å²) in [6.45, 7) is 3.37. The van der Waals surface area contributed by atoms with Crippen molar-refractivity contribution in [3.63, 3.8) is 0 Å². The lowest BCUT2D eigenvalue weighted by atomic mass is 9.99. The average Bonchev–Trinajstić information content (AvgIpc) is 3.70. The maximum absolute atomic E-state index is 14.0. The summed E-state index contributed by atoms with van der Waals surface area (Å²) in [5.74, 6) is -0.0332. The molecular formula is C30H33FN4O5S. The Kier molecular flexibility index (Phi) is 9.28. The number of carbonyl (C=O) groups excluding carboxylic acids is 2. The Labute approximate surface area is 242 Å². The van der Waals surface area contributed by atoms with Gasteiger partial charge in [0.2, 0.25) is 0 Å². The van der Waals surface area contributed by atoms with E-state index in [2.05, 4.69) is 4.90 Å². The van der Waals surface area contributed by atoms with Crippen molar-refractivity contribution in [1.82, 2.24) is 14.8 Å². The molecule has 216 valence electrons. The number of morpholine rings is 1. The van der Waals surface area contributed by atoms with Crippen molar-refractivity contribution < 1.29 is 28.2 Å². The minimum Gasteiger partial charge on any atom is -0.497 e. The molecule has 2 aliphatic rings. The second-order valence-electron chi connectivity index (χ2n) is 9.78. The third-order valence-corrected chi connectivity index (χ3v) is 8.16. The molecule has 0 spiro atoms. The Hall–Kier alpha value is -3.80. The van der Waals surface area contributed by atoms with Crippen LogP contribution >= 0.6 is 11.3 Å². The maximum Gasteiger partial charge on any atom is 0.262 e. The van der Waals surface area contributed by atoms with E-state index in [9.17, 15) is 14.0 Å². The summed E-state index contributed by atoms with van der Waals surface area (Å²) in [6, 6.07) is 14.5. The van der Waals surface area contributed by atoms with Crippen LogP contribution in [0.15, 0.2) is 65.1 Å². The second-order valence-corrected chi connectivity index (χ2v) is 10.7. The number of benzene rings is 2. The molecule has 2 aliphatic heterocycles. The van der Waals surface area contributed by atoms with Gasteiger partial charge in [-0.15, -0.1) is 11.3 Å². The predicted molar refractivity (Wildman–Crippen MR) is 154 cm³/mol. The van der Waals surface area contributed by atoms with Gasteiger partial charge in [0.25, 0.3) is 11.8 Å². The summed E-state index contributed by atoms with van der Waals surface area (Å²) in [5.41, 5.74) is 1.72. The molecule has 0 N–H and O–H groups in total. The minimum atomic E-state index is -0.509. The van der Waals surface area contributed by atoms with Gasteiger partial charge in [-0.1, -0.05) is 12.1 Å². The van der Waals surface area contributed by atoms with Gasteiger partial charge in [-0.25, -0.2) is 9.40 Å². The van der Waals surface area contributed by atoms with Gasteiger partial charge < -0.3 is 19.1 Å². The first-order valence-electron chi connectivity index (χ1n) is 13.5. The Morgan fingerprint density at radius 3 is 2.63 bits per heavy atom. The lowest BCUT2D eigenvalue weighted by Crippen LogP contribution is -2.46. The van der Waals surface area contributed by atoms with E-state index >= 15 is 0 Å². The minimum absolute atomic E-state index is 0.190. The van der Waals surface area contributed by atoms with Crippen molar-refractivity contribution in [3.8, 4) is 11.5 Å². The zero-order valence-electron chi connectivity index (χ0n) is 23.1. The smallest absolute Gasteiger partial charge is 0.262 e. The van der Waals surface area contributed by atoms with Gasteiger partial charge in [0.1, 0.15) is 23.9 Å². The number of hydrazone groups is 1. The van der Waals surface area contributed by atoms with E-state index in [1.165, 1.54) is 28.1 Å². The fourth-order valence-corrected chi connectivity index (χ4v) is 5.77. The molecule has 2 aromatic carbocycles. The normalized spacial score (nSPS) is 17.3. The molecule has 41 heavy (non-hydrogen) atoms. The summed E-state index contributed by atoms with van der Waals surface area (Å²) < 4.78 is 30.6. The van der Waals surface area contributed by atoms with E-state index < -0.39 is 17.8 Å². The molecule has 0 radical (unpaired) electrons. The van der Waals surface area contributed by atoms with Crippen LogP contribution < -0.4 is 9.47 Å². The molecular weight excluding hydrogens is 547 g/mol. The number of halogens is 1. The molecule has 1 atom stereocenters. The first-order valence-corrected chi connectivity index (χ1v) is 14.3. The van der Waals surface area contributed by atoms with E-state index in [1.807, 2.05) is 29.6 Å². The molecule has 2 amide bonds. The van der Waals surface area contributed by atoms with Crippen LogP contribution in [0.1, 0.15) is 33.3 Å². The topological polar surface area (TPSA) is 83.9 Å². The number of methoxy groups -OCH3 is 2. The quantitative estimate of drug-likeness (QED) is 0.360. The van der Waals surface area contributed by atoms with Crippen LogP contribution in [-0.2, 0) is 9.53 Å². The molecule has 3 aromatic rings. The lowest BCUT2D eigenvalue weighted by Gasteiger charge is -2.31. The fourth-order valence-electron chi connectivity index (χ4n) is 5.05. The largest absolute Gasteiger partial charge is 0.497 e. The highest BCUT2D eigenvalue weighted by Gasteiger charge is 2.36. The van der Waals surface area contributed by atoms with Gasteiger partial charge in [-0.3, -0.25) is 14.5 Å². The highest BCUT2D eigenvalue weighted by Crippen LogP contribution is 2.39. The van der Waals surface area contributed by atoms with Crippen LogP contribution in [-0.4, -0.2) is 92.5 Å². The number of thiophene rings is 1. The SMILES string of the molecule is COc1ccc(OC)c([C@H]2CC(c3cccs3)=NN2C(=O)CN(CCN2CCOCC2)C(=O)c2cccc(F)c2)c1. The molecule has 0 saturated carbocycles. The number of ether oxygens (including phenoxy) is 3. The molecule has 3 heterocycles. The van der Waals surface area contributed by atoms with Gasteiger partial charge >= 0.3 is 0 Å². The summed E-state index contributed by atoms with van der Waals surface area (Å²) in [5, 5.41) is 8.18. The van der Waals surface area contributed by atoms with Crippen molar-refractivity contribution in [2.45, 2.75) is 12.5 Å². The molecule has 0 bridgehead atoms. The zero-order chi connectivity index (χ0) is 28.8. The number of amides is 2. The molecule has 11 heteroatoms. The number of rotatable bonds is 10. The molecule has 1 fully saturated rings. The number of nitrogens with zero attached hydrogens (tertiary/aromatic N) is 4. The second kappa shape index (κ2) is 13.2. The van der Waals surface area contributed by atoms with Crippen molar-refractivity contribution in [3.05, 3.63) is 81.8 Å². The van der Waals surface area contributed by atoms with Crippen molar-refractivity contribution in [2.75, 3.05) is 60.2 Å². The first kappa shape index (κ1) is 28.7.